The van der Waals surface area contributed by atoms with Gasteiger partial charge < -0.3 is 19.7 Å². The fourth-order valence-electron chi connectivity index (χ4n) is 2.78. The summed E-state index contributed by atoms with van der Waals surface area (Å²) in [5.41, 5.74) is 1.69. The molecule has 1 saturated heterocycles. The molecular weight excluding hydrogens is 354 g/mol. The lowest BCUT2D eigenvalue weighted by atomic mass is 10.2. The van der Waals surface area contributed by atoms with Crippen LogP contribution in [-0.2, 0) is 11.3 Å². The Morgan fingerprint density at radius 2 is 2.08 bits per heavy atom. The van der Waals surface area contributed by atoms with Gasteiger partial charge in [0.15, 0.2) is 0 Å². The van der Waals surface area contributed by atoms with Crippen molar-refractivity contribution >= 4 is 29.0 Å². The van der Waals surface area contributed by atoms with Gasteiger partial charge >= 0.3 is 6.03 Å². The van der Waals surface area contributed by atoms with Crippen molar-refractivity contribution in [2.45, 2.75) is 6.54 Å². The van der Waals surface area contributed by atoms with Crippen LogP contribution in [0.4, 0.5) is 10.5 Å². The minimum Gasteiger partial charge on any atom is -0.497 e. The lowest BCUT2D eigenvalue weighted by Crippen LogP contribution is -2.39. The van der Waals surface area contributed by atoms with Crippen molar-refractivity contribution in [3.63, 3.8) is 0 Å². The molecule has 1 aliphatic rings. The molecule has 7 nitrogen and oxygen atoms in total. The third-order valence-corrected chi connectivity index (χ3v) is 4.91. The first-order valence-electron chi connectivity index (χ1n) is 8.18. The summed E-state index contributed by atoms with van der Waals surface area (Å²) in [5.74, 6) is 1.05. The molecule has 0 bridgehead atoms. The van der Waals surface area contributed by atoms with Gasteiger partial charge in [-0.1, -0.05) is 0 Å². The zero-order chi connectivity index (χ0) is 18.5. The first-order valence-corrected chi connectivity index (χ1v) is 9.13. The first-order chi connectivity index (χ1) is 12.6. The molecule has 1 aromatic carbocycles. The van der Waals surface area contributed by atoms with Gasteiger partial charge in [0.1, 0.15) is 18.0 Å². The molecule has 0 spiro atoms. The molecule has 0 saturated carbocycles. The van der Waals surface area contributed by atoms with Crippen LogP contribution in [0.5, 0.6) is 11.5 Å². The average Bonchev–Trinajstić information content (AvgIpc) is 3.30. The standard InChI is InChI=1S/C18H21N3O4S/c1-24-14-3-4-16(25-2)15(9-14)21-7-6-20(18(21)23)11-17(22)19-10-13-5-8-26-12-13/h3-5,8-9,12H,6-7,10-11H2,1-2H3,(H,19,22). The largest absolute Gasteiger partial charge is 0.497 e. The number of carbonyl (C=O) groups is 2. The number of nitrogens with zero attached hydrogens (tertiary/aromatic N) is 2. The Kier molecular flexibility index (Phi) is 5.62. The number of thiophene rings is 1. The van der Waals surface area contributed by atoms with E-state index < -0.39 is 0 Å². The summed E-state index contributed by atoms with van der Waals surface area (Å²) in [7, 11) is 3.13. The minimum atomic E-state index is -0.220. The number of ether oxygens (including phenoxy) is 2. The molecule has 26 heavy (non-hydrogen) atoms. The number of urea groups is 1. The van der Waals surface area contributed by atoms with E-state index in [4.69, 9.17) is 9.47 Å². The number of methoxy groups -OCH3 is 2. The van der Waals surface area contributed by atoms with Gasteiger partial charge in [-0.25, -0.2) is 4.79 Å². The molecule has 3 rings (SSSR count). The SMILES string of the molecule is COc1ccc(OC)c(N2CCN(CC(=O)NCc3ccsc3)C2=O)c1. The third-order valence-electron chi connectivity index (χ3n) is 4.18. The predicted molar refractivity (Wildman–Crippen MR) is 100 cm³/mol. The smallest absolute Gasteiger partial charge is 0.325 e. The summed E-state index contributed by atoms with van der Waals surface area (Å²) in [5, 5.41) is 6.79. The predicted octanol–water partition coefficient (Wildman–Crippen LogP) is 2.32. The number of carbonyl (C=O) groups excluding carboxylic acids is 2. The van der Waals surface area contributed by atoms with Gasteiger partial charge in [0.2, 0.25) is 5.91 Å². The van der Waals surface area contributed by atoms with E-state index >= 15 is 0 Å². The van der Waals surface area contributed by atoms with Crippen LogP contribution in [-0.4, -0.2) is 50.7 Å². The van der Waals surface area contributed by atoms with Crippen LogP contribution in [0.15, 0.2) is 35.0 Å². The highest BCUT2D eigenvalue weighted by molar-refractivity contribution is 7.07. The molecule has 2 aromatic rings. The van der Waals surface area contributed by atoms with Crippen molar-refractivity contribution in [2.75, 3.05) is 38.8 Å². The molecule has 8 heteroatoms. The second kappa shape index (κ2) is 8.09. The number of hydrogen-bond donors (Lipinski definition) is 1. The quantitative estimate of drug-likeness (QED) is 0.806. The number of amides is 3. The Morgan fingerprint density at radius 3 is 2.77 bits per heavy atom. The Balaban J connectivity index is 1.63. The van der Waals surface area contributed by atoms with Crippen molar-refractivity contribution < 1.29 is 19.1 Å². The molecule has 1 aromatic heterocycles. The minimum absolute atomic E-state index is 0.0335. The lowest BCUT2D eigenvalue weighted by Gasteiger charge is -2.21. The topological polar surface area (TPSA) is 71.1 Å². The third kappa shape index (κ3) is 3.91. The van der Waals surface area contributed by atoms with Gasteiger partial charge in [-0.3, -0.25) is 9.69 Å². The van der Waals surface area contributed by atoms with Crippen LogP contribution < -0.4 is 19.7 Å². The van der Waals surface area contributed by atoms with Crippen molar-refractivity contribution in [1.29, 1.82) is 0 Å². The monoisotopic (exact) mass is 375 g/mol. The maximum absolute atomic E-state index is 12.7. The van der Waals surface area contributed by atoms with Crippen LogP contribution in [0.2, 0.25) is 0 Å². The molecule has 2 heterocycles. The zero-order valence-electron chi connectivity index (χ0n) is 14.7. The highest BCUT2D eigenvalue weighted by atomic mass is 32.1. The van der Waals surface area contributed by atoms with Crippen LogP contribution in [0.1, 0.15) is 5.56 Å². The second-order valence-electron chi connectivity index (χ2n) is 5.80. The molecular formula is C18H21N3O4S. The summed E-state index contributed by atoms with van der Waals surface area (Å²) in [4.78, 5) is 28.0. The van der Waals surface area contributed by atoms with Gasteiger partial charge in [-0.2, -0.15) is 11.3 Å². The maximum Gasteiger partial charge on any atom is 0.325 e. The summed E-state index contributed by atoms with van der Waals surface area (Å²) in [6.45, 7) is 1.47. The molecule has 0 atom stereocenters. The van der Waals surface area contributed by atoms with Crippen molar-refractivity contribution in [3.05, 3.63) is 40.6 Å². The van der Waals surface area contributed by atoms with E-state index in [0.29, 0.717) is 36.8 Å². The maximum atomic E-state index is 12.7. The molecule has 1 aliphatic heterocycles. The summed E-state index contributed by atoms with van der Waals surface area (Å²) in [6.07, 6.45) is 0. The lowest BCUT2D eigenvalue weighted by molar-refractivity contribution is -0.121. The number of hydrogen-bond acceptors (Lipinski definition) is 5. The molecule has 1 N–H and O–H groups in total. The fourth-order valence-corrected chi connectivity index (χ4v) is 3.45. The van der Waals surface area contributed by atoms with Crippen molar-refractivity contribution in [3.8, 4) is 11.5 Å². The molecule has 0 radical (unpaired) electrons. The number of benzene rings is 1. The first kappa shape index (κ1) is 18.1. The van der Waals surface area contributed by atoms with Crippen LogP contribution in [0.3, 0.4) is 0 Å². The molecule has 138 valence electrons. The van der Waals surface area contributed by atoms with Gasteiger partial charge in [0, 0.05) is 25.7 Å². The summed E-state index contributed by atoms with van der Waals surface area (Å²) < 4.78 is 10.6. The zero-order valence-corrected chi connectivity index (χ0v) is 15.5. The number of rotatable bonds is 7. The normalized spacial score (nSPS) is 13.8. The van der Waals surface area contributed by atoms with E-state index in [1.54, 1.807) is 48.7 Å². The Morgan fingerprint density at radius 1 is 1.23 bits per heavy atom. The molecule has 3 amide bonds. The van der Waals surface area contributed by atoms with Crippen LogP contribution in [0.25, 0.3) is 0 Å². The van der Waals surface area contributed by atoms with Crippen molar-refractivity contribution in [2.24, 2.45) is 0 Å². The van der Waals surface area contributed by atoms with Gasteiger partial charge in [-0.15, -0.1) is 0 Å². The highest BCUT2D eigenvalue weighted by Gasteiger charge is 2.32. The average molecular weight is 375 g/mol. The Labute approximate surface area is 156 Å². The number of nitrogens with one attached hydrogen (secondary N) is 1. The van der Waals surface area contributed by atoms with Crippen LogP contribution in [0, 0.1) is 0 Å². The van der Waals surface area contributed by atoms with E-state index in [0.717, 1.165) is 5.56 Å². The summed E-state index contributed by atoms with van der Waals surface area (Å²) in [6, 6.07) is 7.04. The van der Waals surface area contributed by atoms with E-state index in [-0.39, 0.29) is 18.5 Å². The fraction of sp³-hybridized carbons (Fsp3) is 0.333. The van der Waals surface area contributed by atoms with Gasteiger partial charge in [-0.05, 0) is 34.5 Å². The van der Waals surface area contributed by atoms with E-state index in [9.17, 15) is 9.59 Å². The van der Waals surface area contributed by atoms with Crippen molar-refractivity contribution in [1.82, 2.24) is 10.2 Å². The Hall–Kier alpha value is -2.74. The second-order valence-corrected chi connectivity index (χ2v) is 6.58. The van der Waals surface area contributed by atoms with E-state index in [1.165, 1.54) is 4.90 Å². The van der Waals surface area contributed by atoms with E-state index in [2.05, 4.69) is 5.32 Å². The molecule has 0 unspecified atom stereocenters. The number of anilines is 1. The van der Waals surface area contributed by atoms with Gasteiger partial charge in [0.25, 0.3) is 0 Å². The highest BCUT2D eigenvalue weighted by Crippen LogP contribution is 2.34. The van der Waals surface area contributed by atoms with E-state index in [1.807, 2.05) is 16.8 Å². The summed E-state index contributed by atoms with van der Waals surface area (Å²) >= 11 is 1.58. The Bertz CT molecular complexity index is 779. The molecule has 0 aliphatic carbocycles. The van der Waals surface area contributed by atoms with Crippen LogP contribution >= 0.6 is 11.3 Å². The van der Waals surface area contributed by atoms with Gasteiger partial charge in [0.05, 0.1) is 19.9 Å². The molecule has 1 fully saturated rings.